The molecular weight excluding hydrogens is 302 g/mol. The molecule has 4 aromatic rings. The van der Waals surface area contributed by atoms with Crippen LogP contribution in [0.4, 0.5) is 5.69 Å². The van der Waals surface area contributed by atoms with Crippen LogP contribution < -0.4 is 4.74 Å². The number of hydrogen-bond acceptors (Lipinski definition) is 8. The van der Waals surface area contributed by atoms with Crippen LogP contribution in [-0.2, 0) is 0 Å². The lowest BCUT2D eigenvalue weighted by Gasteiger charge is -2.07. The maximum absolute atomic E-state index is 11.1. The van der Waals surface area contributed by atoms with Gasteiger partial charge in [-0.3, -0.25) is 15.1 Å². The molecule has 10 heteroatoms. The van der Waals surface area contributed by atoms with Crippen molar-refractivity contribution in [3.63, 3.8) is 0 Å². The molecule has 0 amide bonds. The Labute approximate surface area is 127 Å². The van der Waals surface area contributed by atoms with Crippen LogP contribution in [0.2, 0.25) is 0 Å². The number of fused-ring (bicyclic) bond motifs is 2. The van der Waals surface area contributed by atoms with E-state index in [1.165, 1.54) is 23.0 Å². The largest absolute Gasteiger partial charge is 0.435 e. The molecule has 0 fully saturated rings. The van der Waals surface area contributed by atoms with Gasteiger partial charge in [0.15, 0.2) is 11.4 Å². The fourth-order valence-corrected chi connectivity index (χ4v) is 2.17. The van der Waals surface area contributed by atoms with Crippen LogP contribution >= 0.6 is 0 Å². The van der Waals surface area contributed by atoms with E-state index in [1.807, 2.05) is 0 Å². The molecule has 3 aromatic heterocycles. The molecule has 0 aliphatic carbocycles. The van der Waals surface area contributed by atoms with Gasteiger partial charge in [-0.1, -0.05) is 0 Å². The Bertz CT molecular complexity index is 1050. The number of nitrogens with zero attached hydrogens (tertiary/aromatic N) is 7. The Morgan fingerprint density at radius 3 is 2.96 bits per heavy atom. The van der Waals surface area contributed by atoms with Crippen molar-refractivity contribution in [2.75, 3.05) is 0 Å². The third-order valence-electron chi connectivity index (χ3n) is 3.17. The van der Waals surface area contributed by atoms with Crippen molar-refractivity contribution in [1.29, 1.82) is 0 Å². The number of aromatic nitrogens is 6. The van der Waals surface area contributed by atoms with E-state index in [9.17, 15) is 10.1 Å². The van der Waals surface area contributed by atoms with E-state index in [0.717, 1.165) is 0 Å². The quantitative estimate of drug-likeness (QED) is 0.414. The summed E-state index contributed by atoms with van der Waals surface area (Å²) in [4.78, 5) is 14.8. The average Bonchev–Trinajstić information content (AvgIpc) is 3.02. The highest BCUT2D eigenvalue weighted by molar-refractivity contribution is 5.92. The smallest absolute Gasteiger partial charge is 0.279 e. The first-order chi connectivity index (χ1) is 11.2. The maximum atomic E-state index is 11.1. The minimum absolute atomic E-state index is 0.0377. The first-order valence-electron chi connectivity index (χ1n) is 6.48. The summed E-state index contributed by atoms with van der Waals surface area (Å²) >= 11 is 0. The molecule has 0 atom stereocenters. The minimum Gasteiger partial charge on any atom is -0.435 e. The van der Waals surface area contributed by atoms with Gasteiger partial charge < -0.3 is 4.74 Å². The molecule has 0 N–H and O–H groups in total. The minimum atomic E-state index is -0.459. The van der Waals surface area contributed by atoms with Gasteiger partial charge in [-0.25, -0.2) is 0 Å². The Balaban J connectivity index is 1.82. The van der Waals surface area contributed by atoms with Crippen LogP contribution in [-0.4, -0.2) is 35.2 Å². The van der Waals surface area contributed by atoms with Crippen molar-refractivity contribution in [3.8, 4) is 11.6 Å². The molecule has 0 aliphatic rings. The lowest BCUT2D eigenvalue weighted by atomic mass is 10.1. The van der Waals surface area contributed by atoms with Gasteiger partial charge in [0.05, 0.1) is 10.3 Å². The van der Waals surface area contributed by atoms with Gasteiger partial charge in [-0.05, 0) is 34.7 Å². The number of rotatable bonds is 3. The second-order valence-corrected chi connectivity index (χ2v) is 4.54. The Morgan fingerprint density at radius 1 is 1.17 bits per heavy atom. The first-order valence-corrected chi connectivity index (χ1v) is 6.48. The highest BCUT2D eigenvalue weighted by atomic mass is 16.6. The van der Waals surface area contributed by atoms with Crippen molar-refractivity contribution in [2.45, 2.75) is 0 Å². The lowest BCUT2D eigenvalue weighted by Crippen LogP contribution is -1.98. The number of ether oxygens (including phenoxy) is 1. The Morgan fingerprint density at radius 2 is 2.09 bits per heavy atom. The van der Waals surface area contributed by atoms with Crippen molar-refractivity contribution in [2.24, 2.45) is 0 Å². The molecule has 0 unspecified atom stereocenters. The van der Waals surface area contributed by atoms with Gasteiger partial charge in [-0.15, -0.1) is 14.8 Å². The number of non-ortho nitro benzene ring substituents is 1. The fraction of sp³-hybridized carbons (Fsp3) is 0. The molecule has 0 bridgehead atoms. The summed E-state index contributed by atoms with van der Waals surface area (Å²) in [6, 6.07) is 9.34. The van der Waals surface area contributed by atoms with Crippen molar-refractivity contribution in [1.82, 2.24) is 30.2 Å². The molecule has 3 heterocycles. The van der Waals surface area contributed by atoms with E-state index in [1.54, 1.807) is 24.3 Å². The van der Waals surface area contributed by atoms with Crippen LogP contribution in [0.25, 0.3) is 16.6 Å². The van der Waals surface area contributed by atoms with E-state index < -0.39 is 4.92 Å². The van der Waals surface area contributed by atoms with E-state index >= 15 is 0 Å². The summed E-state index contributed by atoms with van der Waals surface area (Å²) < 4.78 is 6.91. The second-order valence-electron chi connectivity index (χ2n) is 4.54. The zero-order valence-electron chi connectivity index (χ0n) is 11.4. The Kier molecular flexibility index (Phi) is 2.80. The van der Waals surface area contributed by atoms with Gasteiger partial charge >= 0.3 is 0 Å². The first kappa shape index (κ1) is 13.0. The van der Waals surface area contributed by atoms with E-state index in [2.05, 4.69) is 25.6 Å². The predicted molar refractivity (Wildman–Crippen MR) is 77.0 cm³/mol. The third-order valence-corrected chi connectivity index (χ3v) is 3.17. The van der Waals surface area contributed by atoms with Crippen LogP contribution in [0.5, 0.6) is 11.6 Å². The molecule has 112 valence electrons. The zero-order valence-corrected chi connectivity index (χ0v) is 11.4. The number of nitro groups is 1. The SMILES string of the molecule is O=[N+]([O-])c1ccc(Oc2ccc3nnnn3n2)c2ncccc12. The summed E-state index contributed by atoms with van der Waals surface area (Å²) in [5.41, 5.74) is 0.814. The van der Waals surface area contributed by atoms with Gasteiger partial charge in [0.2, 0.25) is 5.88 Å². The van der Waals surface area contributed by atoms with Crippen molar-refractivity contribution < 1.29 is 9.66 Å². The summed E-state index contributed by atoms with van der Waals surface area (Å²) in [5.74, 6) is 0.594. The highest BCUT2D eigenvalue weighted by Gasteiger charge is 2.16. The third kappa shape index (κ3) is 2.18. The highest BCUT2D eigenvalue weighted by Crippen LogP contribution is 2.33. The summed E-state index contributed by atoms with van der Waals surface area (Å²) in [6.45, 7) is 0. The predicted octanol–water partition coefficient (Wildman–Crippen LogP) is 1.77. The van der Waals surface area contributed by atoms with Crippen LogP contribution in [0.15, 0.2) is 42.6 Å². The zero-order chi connectivity index (χ0) is 15.8. The molecule has 0 aliphatic heterocycles. The molecule has 1 aromatic carbocycles. The van der Waals surface area contributed by atoms with Crippen LogP contribution in [0.3, 0.4) is 0 Å². The van der Waals surface area contributed by atoms with Gasteiger partial charge in [0.1, 0.15) is 5.52 Å². The number of pyridine rings is 1. The molecule has 4 rings (SSSR count). The van der Waals surface area contributed by atoms with Gasteiger partial charge in [0, 0.05) is 18.3 Å². The second kappa shape index (κ2) is 4.94. The molecule has 23 heavy (non-hydrogen) atoms. The molecule has 0 spiro atoms. The topological polar surface area (TPSA) is 121 Å². The number of tetrazole rings is 1. The normalized spacial score (nSPS) is 11.0. The van der Waals surface area contributed by atoms with E-state index in [0.29, 0.717) is 22.3 Å². The molecule has 10 nitrogen and oxygen atoms in total. The Hall–Kier alpha value is -3.69. The number of hydrogen-bond donors (Lipinski definition) is 0. The summed E-state index contributed by atoms with van der Waals surface area (Å²) in [7, 11) is 0. The standard InChI is InChI=1S/C13H7N7O3/c21-20(22)9-3-4-10(13-8(9)2-1-7-14-13)23-12-6-5-11-15-17-18-19(11)16-12/h1-7H. The van der Waals surface area contributed by atoms with Crippen LogP contribution in [0.1, 0.15) is 0 Å². The van der Waals surface area contributed by atoms with Gasteiger partial charge in [0.25, 0.3) is 5.69 Å². The number of benzene rings is 1. The monoisotopic (exact) mass is 309 g/mol. The maximum Gasteiger partial charge on any atom is 0.279 e. The van der Waals surface area contributed by atoms with Crippen LogP contribution in [0, 0.1) is 10.1 Å². The van der Waals surface area contributed by atoms with E-state index in [4.69, 9.17) is 4.74 Å². The fourth-order valence-electron chi connectivity index (χ4n) is 2.17. The summed E-state index contributed by atoms with van der Waals surface area (Å²) in [6.07, 6.45) is 1.54. The summed E-state index contributed by atoms with van der Waals surface area (Å²) in [5, 5.41) is 26.5. The lowest BCUT2D eigenvalue weighted by molar-refractivity contribution is -0.383. The van der Waals surface area contributed by atoms with Crippen molar-refractivity contribution >= 4 is 22.2 Å². The van der Waals surface area contributed by atoms with Gasteiger partial charge in [-0.2, -0.15) is 0 Å². The molecule has 0 radical (unpaired) electrons. The number of nitro benzene ring substituents is 1. The average molecular weight is 309 g/mol. The van der Waals surface area contributed by atoms with E-state index in [-0.39, 0.29) is 11.6 Å². The molecular formula is C13H7N7O3. The molecule has 0 saturated heterocycles. The van der Waals surface area contributed by atoms with Crippen molar-refractivity contribution in [3.05, 3.63) is 52.7 Å². The molecule has 0 saturated carbocycles.